The number of hydrogen-bond acceptors (Lipinski definition) is 4. The highest BCUT2D eigenvalue weighted by molar-refractivity contribution is 7.85. The van der Waals surface area contributed by atoms with Crippen LogP contribution in [0.3, 0.4) is 0 Å². The number of aryl methyl sites for hydroxylation is 3. The third kappa shape index (κ3) is 6.18. The van der Waals surface area contributed by atoms with E-state index in [4.69, 9.17) is 4.74 Å². The molecular formula is C30H29O4S-. The van der Waals surface area contributed by atoms with Gasteiger partial charge in [-0.1, -0.05) is 78.4 Å². The van der Waals surface area contributed by atoms with Gasteiger partial charge in [-0.25, -0.2) is 8.42 Å². The van der Waals surface area contributed by atoms with Crippen molar-refractivity contribution in [2.45, 2.75) is 44.6 Å². The molecule has 0 unspecified atom stereocenters. The summed E-state index contributed by atoms with van der Waals surface area (Å²) in [6.45, 7) is 4.25. The lowest BCUT2D eigenvalue weighted by molar-refractivity contribution is 0.307. The molecule has 4 aromatic rings. The monoisotopic (exact) mass is 485 g/mol. The summed E-state index contributed by atoms with van der Waals surface area (Å²) in [7, 11) is -4.70. The quantitative estimate of drug-likeness (QED) is 0.250. The first kappa shape index (κ1) is 24.7. The van der Waals surface area contributed by atoms with Crippen LogP contribution in [-0.4, -0.2) is 13.0 Å². The van der Waals surface area contributed by atoms with Gasteiger partial charge in [-0.15, -0.1) is 0 Å². The fraction of sp³-hybridized carbons (Fsp3) is 0.200. The second-order valence-electron chi connectivity index (χ2n) is 8.80. The molecule has 0 atom stereocenters. The molecule has 0 aromatic heterocycles. The smallest absolute Gasteiger partial charge is 0.127 e. The van der Waals surface area contributed by atoms with E-state index in [2.05, 4.69) is 12.1 Å². The molecule has 0 fully saturated rings. The third-order valence-corrected chi connectivity index (χ3v) is 7.03. The van der Waals surface area contributed by atoms with Crippen molar-refractivity contribution in [3.8, 4) is 16.9 Å². The van der Waals surface area contributed by atoms with Crippen LogP contribution in [0.15, 0.2) is 95.9 Å². The van der Waals surface area contributed by atoms with Gasteiger partial charge < -0.3 is 9.29 Å². The number of hydrogen-bond donors (Lipinski definition) is 0. The van der Waals surface area contributed by atoms with E-state index in [1.54, 1.807) is 6.07 Å². The Labute approximate surface area is 208 Å². The largest absolute Gasteiger partial charge is 0.744 e. The molecule has 4 rings (SSSR count). The van der Waals surface area contributed by atoms with Gasteiger partial charge in [0.25, 0.3) is 0 Å². The van der Waals surface area contributed by atoms with Crippen LogP contribution < -0.4 is 4.74 Å². The number of ether oxygens (including phenoxy) is 1. The van der Waals surface area contributed by atoms with Gasteiger partial charge >= 0.3 is 0 Å². The fourth-order valence-electron chi connectivity index (χ4n) is 4.37. The van der Waals surface area contributed by atoms with E-state index in [0.717, 1.165) is 35.1 Å². The summed E-state index contributed by atoms with van der Waals surface area (Å²) in [5.41, 5.74) is 6.10. The Morgan fingerprint density at radius 1 is 0.771 bits per heavy atom. The highest BCUT2D eigenvalue weighted by atomic mass is 32.2. The molecule has 180 valence electrons. The van der Waals surface area contributed by atoms with E-state index in [1.165, 1.54) is 11.6 Å². The van der Waals surface area contributed by atoms with Crippen LogP contribution in [0.2, 0.25) is 0 Å². The minimum absolute atomic E-state index is 0.201. The van der Waals surface area contributed by atoms with Gasteiger partial charge in [0.15, 0.2) is 0 Å². The molecule has 0 heterocycles. The van der Waals surface area contributed by atoms with Crippen LogP contribution in [0.4, 0.5) is 0 Å². The van der Waals surface area contributed by atoms with E-state index >= 15 is 0 Å². The van der Waals surface area contributed by atoms with Gasteiger partial charge in [-0.2, -0.15) is 0 Å². The normalized spacial score (nSPS) is 11.4. The van der Waals surface area contributed by atoms with Crippen molar-refractivity contribution in [3.63, 3.8) is 0 Å². The molecule has 0 aliphatic carbocycles. The average Bonchev–Trinajstić information content (AvgIpc) is 2.84. The Kier molecular flexibility index (Phi) is 7.69. The lowest BCUT2D eigenvalue weighted by atomic mass is 9.90. The van der Waals surface area contributed by atoms with Crippen molar-refractivity contribution in [1.29, 1.82) is 0 Å². The molecule has 0 N–H and O–H groups in total. The van der Waals surface area contributed by atoms with E-state index in [-0.39, 0.29) is 4.90 Å². The van der Waals surface area contributed by atoms with E-state index in [9.17, 15) is 13.0 Å². The summed E-state index contributed by atoms with van der Waals surface area (Å²) in [6.07, 6.45) is 2.33. The Hall–Kier alpha value is -3.41. The van der Waals surface area contributed by atoms with Gasteiger partial charge in [-0.05, 0) is 73.6 Å². The lowest BCUT2D eigenvalue weighted by Crippen LogP contribution is -2.07. The van der Waals surface area contributed by atoms with Crippen LogP contribution >= 0.6 is 0 Å². The lowest BCUT2D eigenvalue weighted by Gasteiger charge is -2.22. The highest BCUT2D eigenvalue weighted by Crippen LogP contribution is 2.40. The summed E-state index contributed by atoms with van der Waals surface area (Å²) < 4.78 is 43.3. The molecule has 0 saturated heterocycles. The topological polar surface area (TPSA) is 66.4 Å². The zero-order chi connectivity index (χ0) is 24.8. The first-order valence-electron chi connectivity index (χ1n) is 11.7. The van der Waals surface area contributed by atoms with Crippen molar-refractivity contribution in [2.24, 2.45) is 0 Å². The first-order chi connectivity index (χ1) is 16.8. The van der Waals surface area contributed by atoms with Crippen LogP contribution in [0.25, 0.3) is 11.1 Å². The molecule has 4 aromatic carbocycles. The number of benzene rings is 4. The van der Waals surface area contributed by atoms with Crippen molar-refractivity contribution in [3.05, 3.63) is 119 Å². The van der Waals surface area contributed by atoms with E-state index in [1.807, 2.05) is 80.6 Å². The maximum absolute atomic E-state index is 12.4. The van der Waals surface area contributed by atoms with E-state index in [0.29, 0.717) is 29.9 Å². The van der Waals surface area contributed by atoms with Crippen molar-refractivity contribution >= 4 is 10.1 Å². The second-order valence-corrected chi connectivity index (χ2v) is 10.1. The molecule has 0 radical (unpaired) electrons. The first-order valence-corrected chi connectivity index (χ1v) is 13.1. The van der Waals surface area contributed by atoms with Crippen LogP contribution in [0.1, 0.15) is 34.2 Å². The highest BCUT2D eigenvalue weighted by Gasteiger charge is 2.21. The van der Waals surface area contributed by atoms with Crippen LogP contribution in [-0.2, 0) is 29.6 Å². The minimum atomic E-state index is -4.70. The fourth-order valence-corrected chi connectivity index (χ4v) is 5.09. The maximum Gasteiger partial charge on any atom is 0.127 e. The van der Waals surface area contributed by atoms with E-state index < -0.39 is 10.1 Å². The van der Waals surface area contributed by atoms with Crippen molar-refractivity contribution < 1.29 is 17.7 Å². The Balaban J connectivity index is 1.77. The molecule has 4 nitrogen and oxygen atoms in total. The summed E-state index contributed by atoms with van der Waals surface area (Å²) in [5.74, 6) is 0.555. The zero-order valence-electron chi connectivity index (χ0n) is 20.0. The molecule has 35 heavy (non-hydrogen) atoms. The van der Waals surface area contributed by atoms with Crippen LogP contribution in [0.5, 0.6) is 5.75 Å². The Morgan fingerprint density at radius 3 is 2.09 bits per heavy atom. The average molecular weight is 486 g/mol. The van der Waals surface area contributed by atoms with Gasteiger partial charge in [0, 0.05) is 11.1 Å². The molecule has 0 aliphatic rings. The number of rotatable bonds is 9. The van der Waals surface area contributed by atoms with Gasteiger partial charge in [0.1, 0.15) is 22.5 Å². The van der Waals surface area contributed by atoms with Crippen molar-refractivity contribution in [2.75, 3.05) is 0 Å². The summed E-state index contributed by atoms with van der Waals surface area (Å²) in [5, 5.41) is 0. The zero-order valence-corrected chi connectivity index (χ0v) is 20.8. The molecule has 0 saturated carbocycles. The summed E-state index contributed by atoms with van der Waals surface area (Å²) in [6, 6.07) is 28.8. The third-order valence-electron chi connectivity index (χ3n) is 6.15. The standard InChI is InChI=1S/C30H30O4S/c1-22-16-18-28(34-21-25-12-7-4-8-13-25)27(20-22)30-26(15-9-14-24-10-5-3-6-11-24)23(2)17-19-29(30)35(31,32)33/h3-8,10-13,16-20H,9,14-15,21H2,1-2H3,(H,31,32,33)/p-1. The molecule has 5 heteroatoms. The predicted molar refractivity (Wildman–Crippen MR) is 139 cm³/mol. The van der Waals surface area contributed by atoms with Gasteiger partial charge in [0.2, 0.25) is 0 Å². The van der Waals surface area contributed by atoms with Crippen LogP contribution in [0, 0.1) is 13.8 Å². The molecule has 0 aliphatic heterocycles. The maximum atomic E-state index is 12.4. The SMILES string of the molecule is Cc1ccc(OCc2ccccc2)c(-c2c(S(=O)(=O)[O-])ccc(C)c2CCCc2ccccc2)c1. The predicted octanol–water partition coefficient (Wildman–Crippen LogP) is 6.63. The van der Waals surface area contributed by atoms with Gasteiger partial charge in [-0.3, -0.25) is 0 Å². The molecule has 0 bridgehead atoms. The Morgan fingerprint density at radius 2 is 1.43 bits per heavy atom. The molecule has 0 amide bonds. The second kappa shape index (κ2) is 10.9. The summed E-state index contributed by atoms with van der Waals surface area (Å²) in [4.78, 5) is -0.201. The minimum Gasteiger partial charge on any atom is -0.744 e. The Bertz CT molecular complexity index is 1400. The van der Waals surface area contributed by atoms with Crippen molar-refractivity contribution in [1.82, 2.24) is 0 Å². The summed E-state index contributed by atoms with van der Waals surface area (Å²) >= 11 is 0. The molecule has 0 spiro atoms. The molecular weight excluding hydrogens is 456 g/mol. The van der Waals surface area contributed by atoms with Gasteiger partial charge in [0.05, 0.1) is 4.90 Å².